The smallest absolute Gasteiger partial charge is 0.255 e. The predicted octanol–water partition coefficient (Wildman–Crippen LogP) is 1.26. The number of carbonyl (C=O) groups is 3. The van der Waals surface area contributed by atoms with E-state index in [4.69, 9.17) is 5.73 Å². The number of hydrogen-bond acceptors (Lipinski definition) is 9. The fourth-order valence-corrected chi connectivity index (χ4v) is 5.98. The molecule has 4 atom stereocenters. The largest absolute Gasteiger partial charge is 0.510 e. The summed E-state index contributed by atoms with van der Waals surface area (Å²) >= 11 is 0. The van der Waals surface area contributed by atoms with Crippen LogP contribution in [0.15, 0.2) is 34.8 Å². The number of phenols is 1. The van der Waals surface area contributed by atoms with Crippen molar-refractivity contribution < 1.29 is 34.8 Å². The van der Waals surface area contributed by atoms with E-state index in [0.717, 1.165) is 0 Å². The number of rotatable bonds is 5. The number of aliphatic hydroxyl groups is 3. The van der Waals surface area contributed by atoms with Crippen LogP contribution in [0.2, 0.25) is 0 Å². The van der Waals surface area contributed by atoms with Gasteiger partial charge in [0.15, 0.2) is 11.4 Å². The molecular formula is C27H35N3O7. The van der Waals surface area contributed by atoms with Crippen LogP contribution in [0, 0.1) is 17.3 Å². The fraction of sp³-hybridized carbons (Fsp3) is 0.519. The molecule has 7 N–H and O–H groups in total. The maximum atomic E-state index is 13.7. The molecule has 0 bridgehead atoms. The minimum atomic E-state index is -2.63. The Labute approximate surface area is 215 Å². The van der Waals surface area contributed by atoms with Gasteiger partial charge in [-0.2, -0.15) is 0 Å². The monoisotopic (exact) mass is 513 g/mol. The summed E-state index contributed by atoms with van der Waals surface area (Å²) in [6.45, 7) is 7.20. The summed E-state index contributed by atoms with van der Waals surface area (Å²) in [7, 11) is 3.20. The molecule has 0 saturated heterocycles. The third kappa shape index (κ3) is 4.13. The van der Waals surface area contributed by atoms with E-state index in [2.05, 4.69) is 26.1 Å². The van der Waals surface area contributed by atoms with Crippen LogP contribution >= 0.6 is 0 Å². The van der Waals surface area contributed by atoms with Gasteiger partial charge in [0.05, 0.1) is 11.6 Å². The molecule has 3 aliphatic carbocycles. The highest BCUT2D eigenvalue weighted by Crippen LogP contribution is 2.52. The van der Waals surface area contributed by atoms with Gasteiger partial charge in [-0.25, -0.2) is 0 Å². The van der Waals surface area contributed by atoms with Crippen LogP contribution in [0.1, 0.15) is 48.7 Å². The minimum absolute atomic E-state index is 0.0150. The van der Waals surface area contributed by atoms with E-state index in [0.29, 0.717) is 24.2 Å². The molecule has 0 aromatic heterocycles. The Morgan fingerprint density at radius 1 is 1.19 bits per heavy atom. The number of phenolic OH excluding ortho intramolecular Hbond substituents is 1. The summed E-state index contributed by atoms with van der Waals surface area (Å²) in [5, 5.41) is 48.0. The van der Waals surface area contributed by atoms with Gasteiger partial charge in [0, 0.05) is 30.1 Å². The first-order valence-electron chi connectivity index (χ1n) is 12.3. The van der Waals surface area contributed by atoms with Gasteiger partial charge in [0.1, 0.15) is 22.8 Å². The minimum Gasteiger partial charge on any atom is -0.510 e. The number of nitrogens with two attached hydrogens (primary N) is 1. The van der Waals surface area contributed by atoms with E-state index in [-0.39, 0.29) is 35.1 Å². The van der Waals surface area contributed by atoms with Crippen molar-refractivity contribution >= 4 is 17.5 Å². The Balaban J connectivity index is 1.81. The Kier molecular flexibility index (Phi) is 6.51. The van der Waals surface area contributed by atoms with E-state index in [1.807, 2.05) is 0 Å². The van der Waals surface area contributed by atoms with Crippen molar-refractivity contribution in [2.24, 2.45) is 23.0 Å². The molecule has 3 aliphatic rings. The van der Waals surface area contributed by atoms with Crippen molar-refractivity contribution in [3.8, 4) is 5.75 Å². The third-order valence-electron chi connectivity index (χ3n) is 7.65. The van der Waals surface area contributed by atoms with Crippen molar-refractivity contribution in [1.82, 2.24) is 10.2 Å². The number of nitrogens with one attached hydrogen (secondary N) is 1. The summed E-state index contributed by atoms with van der Waals surface area (Å²) in [5.41, 5.74) is 2.88. The maximum absolute atomic E-state index is 13.7. The predicted molar refractivity (Wildman–Crippen MR) is 135 cm³/mol. The van der Waals surface area contributed by atoms with E-state index in [1.54, 1.807) is 26.2 Å². The Morgan fingerprint density at radius 3 is 2.41 bits per heavy atom. The zero-order valence-corrected chi connectivity index (χ0v) is 21.8. The van der Waals surface area contributed by atoms with Crippen LogP contribution in [0.4, 0.5) is 0 Å². The molecular weight excluding hydrogens is 478 g/mol. The summed E-state index contributed by atoms with van der Waals surface area (Å²) in [5.74, 6) is -6.43. The number of amides is 1. The molecule has 0 radical (unpaired) electrons. The second kappa shape index (κ2) is 8.97. The highest BCUT2D eigenvalue weighted by molar-refractivity contribution is 6.24. The molecule has 0 fully saturated rings. The number of hydrogen-bond donors (Lipinski definition) is 6. The van der Waals surface area contributed by atoms with Gasteiger partial charge < -0.3 is 31.5 Å². The number of nitrogens with zero attached hydrogens (tertiary/aromatic N) is 1. The number of carbonyl (C=O) groups excluding carboxylic acids is 3. The third-order valence-corrected chi connectivity index (χ3v) is 7.65. The molecule has 0 heterocycles. The summed E-state index contributed by atoms with van der Waals surface area (Å²) < 4.78 is 0. The van der Waals surface area contributed by atoms with E-state index >= 15 is 0 Å². The summed E-state index contributed by atoms with van der Waals surface area (Å²) in [6, 6.07) is 2.52. The number of fused-ring (bicyclic) bond motifs is 3. The molecule has 10 heteroatoms. The first kappa shape index (κ1) is 26.8. The molecule has 1 amide bonds. The number of aliphatic hydroxyl groups excluding tert-OH is 2. The van der Waals surface area contributed by atoms with Crippen molar-refractivity contribution in [2.45, 2.75) is 51.8 Å². The summed E-state index contributed by atoms with van der Waals surface area (Å²) in [6.07, 6.45) is 0.346. The zero-order valence-electron chi connectivity index (χ0n) is 21.8. The molecule has 0 spiro atoms. The van der Waals surface area contributed by atoms with Crippen LogP contribution in [0.25, 0.3) is 0 Å². The number of primary amides is 1. The molecule has 1 aromatic carbocycles. The lowest BCUT2D eigenvalue weighted by Gasteiger charge is -2.50. The van der Waals surface area contributed by atoms with Crippen molar-refractivity contribution in [1.29, 1.82) is 0 Å². The van der Waals surface area contributed by atoms with Crippen molar-refractivity contribution in [3.63, 3.8) is 0 Å². The molecule has 37 heavy (non-hydrogen) atoms. The number of likely N-dealkylation sites (N-methyl/N-ethyl adjacent to an activating group) is 1. The molecule has 0 aliphatic heterocycles. The fourth-order valence-electron chi connectivity index (χ4n) is 5.98. The van der Waals surface area contributed by atoms with Gasteiger partial charge in [-0.3, -0.25) is 19.3 Å². The van der Waals surface area contributed by atoms with Gasteiger partial charge >= 0.3 is 0 Å². The summed E-state index contributed by atoms with van der Waals surface area (Å²) in [4.78, 5) is 40.6. The van der Waals surface area contributed by atoms with E-state index in [1.165, 1.54) is 4.90 Å². The molecule has 1 unspecified atom stereocenters. The van der Waals surface area contributed by atoms with E-state index in [9.17, 15) is 34.8 Å². The second-order valence-corrected chi connectivity index (χ2v) is 11.7. The topological polar surface area (TPSA) is 173 Å². The van der Waals surface area contributed by atoms with E-state index < -0.39 is 58.0 Å². The van der Waals surface area contributed by atoms with Gasteiger partial charge in [-0.15, -0.1) is 0 Å². The van der Waals surface area contributed by atoms with Gasteiger partial charge in [-0.05, 0) is 43.8 Å². The standard InChI is InChI=1S/C27H35N3O7/c1-26(2,3)11-29-10-13-7-6-12-8-14-9-15-19(30(4)5)22(33)18(25(28)36)24(35)27(15,37)23(34)17(14)21(32)16(12)20(13)31/h6-7,14-15,19,29,31,33-34,37H,8-11H2,1-5H3,(H2,28,36)/t14-,15-,19?,27-/m1/s1. The Hall–Kier alpha value is -3.21. The van der Waals surface area contributed by atoms with Crippen molar-refractivity contribution in [2.75, 3.05) is 20.6 Å². The lowest BCUT2D eigenvalue weighted by atomic mass is 9.58. The number of Topliss-reactive ketones (excluding diaryl/α,β-unsaturated/α-hetero) is 2. The zero-order chi connectivity index (χ0) is 27.6. The normalized spacial score (nSPS) is 27.8. The Bertz CT molecular complexity index is 1260. The second-order valence-electron chi connectivity index (χ2n) is 11.7. The quantitative estimate of drug-likeness (QED) is 0.317. The average Bonchev–Trinajstić information content (AvgIpc) is 2.76. The lowest BCUT2D eigenvalue weighted by molar-refractivity contribution is -0.148. The molecule has 10 nitrogen and oxygen atoms in total. The van der Waals surface area contributed by atoms with Gasteiger partial charge in [-0.1, -0.05) is 32.9 Å². The number of aromatic hydroxyl groups is 1. The van der Waals surface area contributed by atoms with Crippen LogP contribution in [0.5, 0.6) is 5.75 Å². The number of allylic oxidation sites excluding steroid dienone is 1. The number of ketones is 2. The molecule has 0 saturated carbocycles. The SMILES string of the molecule is CN(C)C1C(O)=C(C(N)=O)C(=O)[C@]2(O)C(O)=C3C(=O)c4c(ccc(CNCC(C)(C)C)c4O)C[C@@H]3C[C@H]12. The highest BCUT2D eigenvalue weighted by atomic mass is 16.3. The first-order chi connectivity index (χ1) is 17.1. The molecule has 1 aromatic rings. The Morgan fingerprint density at radius 2 is 1.84 bits per heavy atom. The van der Waals surface area contributed by atoms with Gasteiger partial charge in [0.25, 0.3) is 5.91 Å². The number of benzene rings is 1. The first-order valence-corrected chi connectivity index (χ1v) is 12.3. The highest BCUT2D eigenvalue weighted by Gasteiger charge is 2.63. The van der Waals surface area contributed by atoms with Crippen LogP contribution in [-0.4, -0.2) is 75.1 Å². The lowest BCUT2D eigenvalue weighted by Crippen LogP contribution is -2.63. The van der Waals surface area contributed by atoms with Crippen LogP contribution < -0.4 is 11.1 Å². The maximum Gasteiger partial charge on any atom is 0.255 e. The molecule has 4 rings (SSSR count). The average molecular weight is 514 g/mol. The molecule has 200 valence electrons. The van der Waals surface area contributed by atoms with Crippen molar-refractivity contribution in [3.05, 3.63) is 51.5 Å². The van der Waals surface area contributed by atoms with Crippen LogP contribution in [-0.2, 0) is 22.6 Å². The van der Waals surface area contributed by atoms with Gasteiger partial charge in [0.2, 0.25) is 5.78 Å². The van der Waals surface area contributed by atoms with Crippen LogP contribution in [0.3, 0.4) is 0 Å².